The van der Waals surface area contributed by atoms with Gasteiger partial charge >= 0.3 is 35.5 Å². The second-order valence-corrected chi connectivity index (χ2v) is 6.24. The van der Waals surface area contributed by atoms with Crippen molar-refractivity contribution in [3.63, 3.8) is 0 Å². The summed E-state index contributed by atoms with van der Waals surface area (Å²) >= 11 is 0. The molecule has 0 bridgehead atoms. The van der Waals surface area contributed by atoms with Crippen molar-refractivity contribution in [1.29, 1.82) is 0 Å². The molecular formula is C18H37NaO4. The summed E-state index contributed by atoms with van der Waals surface area (Å²) in [6.45, 7) is 0.342. The van der Waals surface area contributed by atoms with Crippen molar-refractivity contribution in [3.8, 4) is 0 Å². The van der Waals surface area contributed by atoms with Crippen molar-refractivity contribution in [2.75, 3.05) is 6.61 Å². The summed E-state index contributed by atoms with van der Waals surface area (Å²) in [6.07, 6.45) is 18.8. The number of unbranched alkanes of at least 4 members (excludes halogenated alkanes) is 14. The van der Waals surface area contributed by atoms with E-state index in [4.69, 9.17) is 10.4 Å². The van der Waals surface area contributed by atoms with E-state index in [1.807, 2.05) is 0 Å². The Hall–Kier alpha value is 0.390. The first-order chi connectivity index (χ1) is 10.8. The average Bonchev–Trinajstić information content (AvgIpc) is 2.54. The molecule has 0 aliphatic heterocycles. The van der Waals surface area contributed by atoms with E-state index in [1.54, 1.807) is 0 Å². The average molecular weight is 340 g/mol. The summed E-state index contributed by atoms with van der Waals surface area (Å²) in [5.41, 5.74) is 0. The van der Waals surface area contributed by atoms with E-state index in [1.165, 1.54) is 77.0 Å². The summed E-state index contributed by atoms with van der Waals surface area (Å²) in [6, 6.07) is 0. The number of aliphatic hydroxyl groups is 1. The molecule has 0 saturated heterocycles. The first-order valence-electron chi connectivity index (χ1n) is 9.26. The molecule has 134 valence electrons. The fourth-order valence-corrected chi connectivity index (χ4v) is 2.72. The number of carbonyl (C=O) groups excluding carboxylic acids is 1. The topological polar surface area (TPSA) is 66.8 Å². The molecule has 0 unspecified atom stereocenters. The maximum atomic E-state index is 10.7. The Morgan fingerprint density at radius 3 is 1.26 bits per heavy atom. The minimum absolute atomic E-state index is 0. The van der Waals surface area contributed by atoms with Gasteiger partial charge < -0.3 is 11.4 Å². The van der Waals surface area contributed by atoms with Crippen molar-refractivity contribution in [2.45, 2.75) is 103 Å². The fraction of sp³-hybridized carbons (Fsp3) is 0.944. The maximum absolute atomic E-state index is 10.7. The maximum Gasteiger partial charge on any atom is 1.00 e. The van der Waals surface area contributed by atoms with Gasteiger partial charge in [0.05, 0.1) is 0 Å². The molecule has 0 radical (unpaired) electrons. The molecule has 0 saturated carbocycles. The van der Waals surface area contributed by atoms with Gasteiger partial charge in [-0.15, -0.1) is 0 Å². The van der Waals surface area contributed by atoms with Crippen LogP contribution in [0.25, 0.3) is 0 Å². The molecule has 4 nitrogen and oxygen atoms in total. The summed E-state index contributed by atoms with van der Waals surface area (Å²) in [7, 11) is 0. The number of aliphatic hydroxyl groups excluding tert-OH is 1. The standard InChI is InChI=1S/C18H36O4.Na.H/c19-17-15-13-11-9-7-5-3-1-2-4-6-8-10-12-14-16-18(20)22-21;;/h19,21H,1-17H2;;/q;+1;-1. The van der Waals surface area contributed by atoms with Crippen LogP contribution >= 0.6 is 0 Å². The van der Waals surface area contributed by atoms with Gasteiger partial charge in [-0.25, -0.2) is 4.79 Å². The summed E-state index contributed by atoms with van der Waals surface area (Å²) in [5.74, 6) is -0.520. The monoisotopic (exact) mass is 340 g/mol. The SMILES string of the molecule is O=C(CCCCCCCCCCCCCCCCCO)OO.[H-].[Na+]. The van der Waals surface area contributed by atoms with Crippen LogP contribution in [0.3, 0.4) is 0 Å². The van der Waals surface area contributed by atoms with Gasteiger partial charge in [0.25, 0.3) is 0 Å². The number of rotatable bonds is 17. The molecule has 5 heteroatoms. The molecule has 0 amide bonds. The van der Waals surface area contributed by atoms with Gasteiger partial charge in [0.2, 0.25) is 0 Å². The van der Waals surface area contributed by atoms with E-state index >= 15 is 0 Å². The van der Waals surface area contributed by atoms with Gasteiger partial charge in [-0.05, 0) is 12.8 Å². The van der Waals surface area contributed by atoms with Crippen molar-refractivity contribution >= 4 is 5.97 Å². The van der Waals surface area contributed by atoms with Crippen LogP contribution in [0.15, 0.2) is 0 Å². The van der Waals surface area contributed by atoms with Crippen LogP contribution in [0.5, 0.6) is 0 Å². The van der Waals surface area contributed by atoms with Crippen LogP contribution in [-0.4, -0.2) is 22.9 Å². The van der Waals surface area contributed by atoms with Crippen LogP contribution < -0.4 is 29.6 Å². The number of hydrogen-bond acceptors (Lipinski definition) is 4. The van der Waals surface area contributed by atoms with Crippen LogP contribution in [0, 0.1) is 0 Å². The molecule has 2 N–H and O–H groups in total. The Kier molecular flexibility index (Phi) is 24.9. The van der Waals surface area contributed by atoms with E-state index < -0.39 is 5.97 Å². The van der Waals surface area contributed by atoms with Crippen LogP contribution in [0.2, 0.25) is 0 Å². The van der Waals surface area contributed by atoms with Gasteiger partial charge in [-0.2, -0.15) is 5.26 Å². The molecule has 0 rings (SSSR count). The third kappa shape index (κ3) is 22.4. The Morgan fingerprint density at radius 1 is 0.652 bits per heavy atom. The number of hydrogen-bond donors (Lipinski definition) is 2. The van der Waals surface area contributed by atoms with Gasteiger partial charge in [-0.1, -0.05) is 83.5 Å². The zero-order valence-electron chi connectivity index (χ0n) is 16.2. The molecule has 0 aliphatic rings. The van der Waals surface area contributed by atoms with E-state index in [2.05, 4.69) is 4.89 Å². The van der Waals surface area contributed by atoms with Crippen molar-refractivity contribution in [3.05, 3.63) is 0 Å². The second-order valence-electron chi connectivity index (χ2n) is 6.24. The predicted octanol–water partition coefficient (Wildman–Crippen LogP) is 2.35. The third-order valence-corrected chi connectivity index (χ3v) is 4.14. The summed E-state index contributed by atoms with van der Waals surface area (Å²) < 4.78 is 0. The molecule has 0 fully saturated rings. The molecule has 0 aromatic carbocycles. The van der Waals surface area contributed by atoms with E-state index in [9.17, 15) is 4.79 Å². The van der Waals surface area contributed by atoms with Crippen molar-refractivity contribution in [2.24, 2.45) is 0 Å². The molecule has 23 heavy (non-hydrogen) atoms. The number of carbonyl (C=O) groups is 1. The van der Waals surface area contributed by atoms with Crippen LogP contribution in [0.4, 0.5) is 0 Å². The smallest absolute Gasteiger partial charge is 1.00 e. The molecule has 0 atom stereocenters. The first kappa shape index (κ1) is 25.6. The normalized spacial score (nSPS) is 10.3. The fourth-order valence-electron chi connectivity index (χ4n) is 2.72. The molecule has 0 spiro atoms. The van der Waals surface area contributed by atoms with E-state index in [0.717, 1.165) is 19.3 Å². The van der Waals surface area contributed by atoms with Crippen molar-refractivity contribution in [1.82, 2.24) is 0 Å². The Labute approximate surface area is 166 Å². The zero-order valence-corrected chi connectivity index (χ0v) is 17.2. The van der Waals surface area contributed by atoms with Crippen molar-refractivity contribution < 1.29 is 51.0 Å². The quantitative estimate of drug-likeness (QED) is 0.185. The van der Waals surface area contributed by atoms with E-state index in [-0.39, 0.29) is 31.0 Å². The van der Waals surface area contributed by atoms with Gasteiger partial charge in [0.15, 0.2) is 0 Å². The van der Waals surface area contributed by atoms with Crippen LogP contribution in [0.1, 0.15) is 104 Å². The Bertz CT molecular complexity index is 243. The zero-order chi connectivity index (χ0) is 16.3. The van der Waals surface area contributed by atoms with Gasteiger partial charge in [-0.3, -0.25) is 0 Å². The molecule has 0 heterocycles. The Morgan fingerprint density at radius 2 is 0.957 bits per heavy atom. The minimum Gasteiger partial charge on any atom is -1.00 e. The van der Waals surface area contributed by atoms with Crippen LogP contribution in [-0.2, 0) is 9.68 Å². The molecule has 0 aliphatic carbocycles. The first-order valence-corrected chi connectivity index (χ1v) is 9.26. The second kappa shape index (κ2) is 22.4. The van der Waals surface area contributed by atoms with E-state index in [0.29, 0.717) is 13.0 Å². The molecule has 0 aromatic heterocycles. The van der Waals surface area contributed by atoms with Gasteiger partial charge in [0, 0.05) is 13.0 Å². The minimum atomic E-state index is -0.520. The molecular weight excluding hydrogens is 303 g/mol. The predicted molar refractivity (Wildman–Crippen MR) is 90.8 cm³/mol. The third-order valence-electron chi connectivity index (χ3n) is 4.14. The van der Waals surface area contributed by atoms with Gasteiger partial charge in [0.1, 0.15) is 0 Å². The largest absolute Gasteiger partial charge is 1.00 e. The molecule has 0 aromatic rings. The Balaban J connectivity index is -0.00000220. The summed E-state index contributed by atoms with van der Waals surface area (Å²) in [5, 5.41) is 16.8. The summed E-state index contributed by atoms with van der Waals surface area (Å²) in [4.78, 5) is 14.3.